The lowest BCUT2D eigenvalue weighted by Crippen LogP contribution is -2.03. The van der Waals surface area contributed by atoms with Gasteiger partial charge in [-0.05, 0) is 18.2 Å². The summed E-state index contributed by atoms with van der Waals surface area (Å²) < 4.78 is 13.4. The van der Waals surface area contributed by atoms with E-state index in [0.29, 0.717) is 16.3 Å². The first-order valence-electron chi connectivity index (χ1n) is 5.33. The highest BCUT2D eigenvalue weighted by Crippen LogP contribution is 2.25. The summed E-state index contributed by atoms with van der Waals surface area (Å²) in [5, 5.41) is 11.2. The second kappa shape index (κ2) is 6.18. The van der Waals surface area contributed by atoms with Gasteiger partial charge in [-0.3, -0.25) is 0 Å². The molecule has 2 nitrogen and oxygen atoms in total. The Balaban J connectivity index is 1.98. The first-order valence-corrected chi connectivity index (χ1v) is 6.70. The minimum Gasteiger partial charge on any atom is -0.387 e. The summed E-state index contributed by atoms with van der Waals surface area (Å²) in [6.45, 7) is 0. The van der Waals surface area contributed by atoms with Crippen LogP contribution in [0.15, 0.2) is 47.6 Å². The van der Waals surface area contributed by atoms with Gasteiger partial charge in [0.25, 0.3) is 0 Å². The third-order valence-electron chi connectivity index (χ3n) is 2.35. The quantitative estimate of drug-likeness (QED) is 0.869. The minimum atomic E-state index is -0.853. The summed E-state index contributed by atoms with van der Waals surface area (Å²) in [5.41, 5.74) is 0.305. The SMILES string of the molecule is OC(CSc1ccc(Cl)cn1)c1ccccc1F. The number of aromatic nitrogens is 1. The number of rotatable bonds is 4. The molecule has 0 saturated heterocycles. The van der Waals surface area contributed by atoms with Crippen molar-refractivity contribution in [1.29, 1.82) is 0 Å². The Hall–Kier alpha value is -1.10. The zero-order valence-corrected chi connectivity index (χ0v) is 11.0. The summed E-state index contributed by atoms with van der Waals surface area (Å²) in [6.07, 6.45) is 0.688. The average molecular weight is 284 g/mol. The van der Waals surface area contributed by atoms with Gasteiger partial charge in [0.15, 0.2) is 0 Å². The molecule has 1 aromatic carbocycles. The third-order valence-corrected chi connectivity index (χ3v) is 3.60. The molecule has 1 N–H and O–H groups in total. The lowest BCUT2D eigenvalue weighted by atomic mass is 10.1. The van der Waals surface area contributed by atoms with E-state index in [1.54, 1.807) is 36.5 Å². The van der Waals surface area contributed by atoms with Gasteiger partial charge < -0.3 is 5.11 Å². The van der Waals surface area contributed by atoms with Gasteiger partial charge in [0.2, 0.25) is 0 Å². The summed E-state index contributed by atoms with van der Waals surface area (Å²) in [4.78, 5) is 4.09. The van der Waals surface area contributed by atoms with E-state index >= 15 is 0 Å². The van der Waals surface area contributed by atoms with Crippen molar-refractivity contribution in [3.8, 4) is 0 Å². The maximum absolute atomic E-state index is 13.4. The van der Waals surface area contributed by atoms with Crippen LogP contribution in [-0.4, -0.2) is 15.8 Å². The molecule has 2 aromatic rings. The predicted molar refractivity (Wildman–Crippen MR) is 71.3 cm³/mol. The highest BCUT2D eigenvalue weighted by Gasteiger charge is 2.12. The van der Waals surface area contributed by atoms with Gasteiger partial charge in [0, 0.05) is 17.5 Å². The standard InChI is InChI=1S/C13H11ClFNOS/c14-9-5-6-13(16-7-9)18-8-12(17)10-3-1-2-4-11(10)15/h1-7,12,17H,8H2. The Kier molecular flexibility index (Phi) is 4.58. The number of nitrogens with zero attached hydrogens (tertiary/aromatic N) is 1. The van der Waals surface area contributed by atoms with Crippen LogP contribution >= 0.6 is 23.4 Å². The van der Waals surface area contributed by atoms with Crippen molar-refractivity contribution in [1.82, 2.24) is 4.98 Å². The molecule has 0 aliphatic carbocycles. The van der Waals surface area contributed by atoms with Gasteiger partial charge in [-0.2, -0.15) is 0 Å². The van der Waals surface area contributed by atoms with Crippen molar-refractivity contribution < 1.29 is 9.50 Å². The van der Waals surface area contributed by atoms with Gasteiger partial charge in [-0.25, -0.2) is 9.37 Å². The summed E-state index contributed by atoms with van der Waals surface area (Å²) in [7, 11) is 0. The number of hydrogen-bond donors (Lipinski definition) is 1. The Morgan fingerprint density at radius 3 is 2.72 bits per heavy atom. The van der Waals surface area contributed by atoms with Crippen LogP contribution in [0, 0.1) is 5.82 Å². The molecule has 0 aliphatic rings. The molecular weight excluding hydrogens is 273 g/mol. The van der Waals surface area contributed by atoms with Gasteiger partial charge in [0.05, 0.1) is 16.2 Å². The van der Waals surface area contributed by atoms with Crippen LogP contribution in [0.25, 0.3) is 0 Å². The van der Waals surface area contributed by atoms with E-state index in [4.69, 9.17) is 11.6 Å². The summed E-state index contributed by atoms with van der Waals surface area (Å²) in [5.74, 6) is -0.0510. The van der Waals surface area contributed by atoms with E-state index < -0.39 is 11.9 Å². The predicted octanol–water partition coefficient (Wildman–Crippen LogP) is 3.70. The fourth-order valence-corrected chi connectivity index (χ4v) is 2.36. The number of hydrogen-bond acceptors (Lipinski definition) is 3. The van der Waals surface area contributed by atoms with Crippen molar-refractivity contribution in [3.63, 3.8) is 0 Å². The van der Waals surface area contributed by atoms with Crippen LogP contribution in [0.5, 0.6) is 0 Å². The molecule has 1 atom stereocenters. The molecule has 94 valence electrons. The molecule has 5 heteroatoms. The molecule has 1 aromatic heterocycles. The van der Waals surface area contributed by atoms with Crippen molar-refractivity contribution >= 4 is 23.4 Å². The maximum atomic E-state index is 13.4. The zero-order valence-electron chi connectivity index (χ0n) is 9.38. The molecule has 18 heavy (non-hydrogen) atoms. The number of thioether (sulfide) groups is 1. The monoisotopic (exact) mass is 283 g/mol. The first-order chi connectivity index (χ1) is 8.66. The van der Waals surface area contributed by atoms with E-state index in [9.17, 15) is 9.50 Å². The van der Waals surface area contributed by atoms with Gasteiger partial charge >= 0.3 is 0 Å². The number of halogens is 2. The van der Waals surface area contributed by atoms with Crippen LogP contribution in [0.4, 0.5) is 4.39 Å². The number of aliphatic hydroxyl groups excluding tert-OH is 1. The number of aliphatic hydroxyl groups is 1. The van der Waals surface area contributed by atoms with Crippen molar-refractivity contribution in [2.75, 3.05) is 5.75 Å². The van der Waals surface area contributed by atoms with Crippen LogP contribution in [0.3, 0.4) is 0 Å². The molecule has 2 rings (SSSR count). The van der Waals surface area contributed by atoms with E-state index in [2.05, 4.69) is 4.98 Å². The highest BCUT2D eigenvalue weighted by atomic mass is 35.5. The molecule has 0 amide bonds. The zero-order chi connectivity index (χ0) is 13.0. The van der Waals surface area contributed by atoms with Crippen LogP contribution in [-0.2, 0) is 0 Å². The number of pyridine rings is 1. The van der Waals surface area contributed by atoms with E-state index in [1.165, 1.54) is 17.8 Å². The normalized spacial score (nSPS) is 12.4. The van der Waals surface area contributed by atoms with Crippen molar-refractivity contribution in [2.45, 2.75) is 11.1 Å². The van der Waals surface area contributed by atoms with Crippen LogP contribution < -0.4 is 0 Å². The van der Waals surface area contributed by atoms with E-state index in [0.717, 1.165) is 5.03 Å². The molecule has 0 saturated carbocycles. The molecule has 1 unspecified atom stereocenters. The van der Waals surface area contributed by atoms with Gasteiger partial charge in [0.1, 0.15) is 5.82 Å². The Morgan fingerprint density at radius 2 is 2.06 bits per heavy atom. The van der Waals surface area contributed by atoms with E-state index in [1.807, 2.05) is 0 Å². The minimum absolute atomic E-state index is 0.305. The average Bonchev–Trinajstić information content (AvgIpc) is 2.38. The largest absolute Gasteiger partial charge is 0.387 e. The van der Waals surface area contributed by atoms with Gasteiger partial charge in [-0.1, -0.05) is 29.8 Å². The Labute approximate surface area is 114 Å². The lowest BCUT2D eigenvalue weighted by Gasteiger charge is -2.11. The van der Waals surface area contributed by atoms with Crippen molar-refractivity contribution in [3.05, 3.63) is 59.0 Å². The van der Waals surface area contributed by atoms with Crippen LogP contribution in [0.1, 0.15) is 11.7 Å². The Morgan fingerprint density at radius 1 is 1.28 bits per heavy atom. The molecule has 0 aliphatic heterocycles. The topological polar surface area (TPSA) is 33.1 Å². The molecule has 0 spiro atoms. The van der Waals surface area contributed by atoms with Gasteiger partial charge in [-0.15, -0.1) is 11.8 Å². The molecule has 0 radical (unpaired) electrons. The van der Waals surface area contributed by atoms with E-state index in [-0.39, 0.29) is 0 Å². The second-order valence-electron chi connectivity index (χ2n) is 3.66. The fraction of sp³-hybridized carbons (Fsp3) is 0.154. The number of benzene rings is 1. The first kappa shape index (κ1) is 13.3. The summed E-state index contributed by atoms with van der Waals surface area (Å²) in [6, 6.07) is 9.71. The lowest BCUT2D eigenvalue weighted by molar-refractivity contribution is 0.199. The summed E-state index contributed by atoms with van der Waals surface area (Å²) >= 11 is 7.07. The molecule has 1 heterocycles. The molecule has 0 fully saturated rings. The fourth-order valence-electron chi connectivity index (χ4n) is 1.45. The molecular formula is C13H11ClFNOS. The maximum Gasteiger partial charge on any atom is 0.129 e. The molecule has 0 bridgehead atoms. The highest BCUT2D eigenvalue weighted by molar-refractivity contribution is 7.99. The third kappa shape index (κ3) is 3.45. The van der Waals surface area contributed by atoms with Crippen molar-refractivity contribution in [2.24, 2.45) is 0 Å². The smallest absolute Gasteiger partial charge is 0.129 e. The second-order valence-corrected chi connectivity index (χ2v) is 5.14. The Bertz CT molecular complexity index is 521. The van der Waals surface area contributed by atoms with Crippen LogP contribution in [0.2, 0.25) is 5.02 Å².